The number of carbonyl (C=O) groups excluding carboxylic acids is 2. The van der Waals surface area contributed by atoms with Gasteiger partial charge >= 0.3 is 0 Å². The Bertz CT molecular complexity index is 1140. The van der Waals surface area contributed by atoms with Crippen molar-refractivity contribution < 1.29 is 23.5 Å². The number of imide groups is 1. The van der Waals surface area contributed by atoms with Crippen molar-refractivity contribution >= 4 is 17.9 Å². The Morgan fingerprint density at radius 3 is 2.52 bits per heavy atom. The number of methoxy groups -OCH3 is 1. The van der Waals surface area contributed by atoms with E-state index in [4.69, 9.17) is 9.47 Å². The van der Waals surface area contributed by atoms with Crippen LogP contribution in [0.5, 0.6) is 11.5 Å². The van der Waals surface area contributed by atoms with Crippen LogP contribution in [0.4, 0.5) is 4.39 Å². The molecular formula is C24H21FN2O4. The number of nitrogens with zero attached hydrogens (tertiary/aromatic N) is 2. The molecule has 6 nitrogen and oxygen atoms in total. The first-order valence-corrected chi connectivity index (χ1v) is 9.64. The minimum atomic E-state index is -0.584. The Morgan fingerprint density at radius 1 is 1.13 bits per heavy atom. The number of hydrogen-bond donors (Lipinski definition) is 0. The highest BCUT2D eigenvalue weighted by molar-refractivity contribution is 6.19. The van der Waals surface area contributed by atoms with Crippen molar-refractivity contribution in [2.24, 2.45) is 0 Å². The van der Waals surface area contributed by atoms with Crippen molar-refractivity contribution in [2.45, 2.75) is 20.5 Å². The Kier molecular flexibility index (Phi) is 6.51. The maximum atomic E-state index is 13.8. The SMILES string of the molecule is CCN1C(=O)C(C#N)=C(C)/C(=C\c2ccc(OCc3ccccc3F)c(OC)c2)C1=O. The summed E-state index contributed by atoms with van der Waals surface area (Å²) >= 11 is 0. The lowest BCUT2D eigenvalue weighted by Crippen LogP contribution is -2.42. The summed E-state index contributed by atoms with van der Waals surface area (Å²) in [6.07, 6.45) is 1.60. The third-order valence-electron chi connectivity index (χ3n) is 4.98. The van der Waals surface area contributed by atoms with Crippen molar-refractivity contribution in [3.05, 3.63) is 76.1 Å². The van der Waals surface area contributed by atoms with Gasteiger partial charge in [-0.15, -0.1) is 0 Å². The first-order valence-electron chi connectivity index (χ1n) is 9.64. The molecule has 0 aliphatic carbocycles. The minimum absolute atomic E-state index is 0.0307. The van der Waals surface area contributed by atoms with Gasteiger partial charge < -0.3 is 9.47 Å². The quantitative estimate of drug-likeness (QED) is 0.521. The molecule has 1 aliphatic rings. The fraction of sp³-hybridized carbons (Fsp3) is 0.208. The van der Waals surface area contributed by atoms with Gasteiger partial charge in [-0.2, -0.15) is 5.26 Å². The van der Waals surface area contributed by atoms with Gasteiger partial charge in [-0.05, 0) is 49.3 Å². The van der Waals surface area contributed by atoms with Crippen molar-refractivity contribution in [3.8, 4) is 17.6 Å². The van der Waals surface area contributed by atoms with Gasteiger partial charge in [0.25, 0.3) is 11.8 Å². The molecule has 0 saturated heterocycles. The highest BCUT2D eigenvalue weighted by Gasteiger charge is 2.34. The van der Waals surface area contributed by atoms with Crippen LogP contribution in [-0.4, -0.2) is 30.4 Å². The fourth-order valence-electron chi connectivity index (χ4n) is 3.25. The molecule has 0 aromatic heterocycles. The zero-order chi connectivity index (χ0) is 22.5. The fourth-order valence-corrected chi connectivity index (χ4v) is 3.25. The van der Waals surface area contributed by atoms with E-state index in [1.807, 2.05) is 6.07 Å². The number of ether oxygens (including phenoxy) is 2. The van der Waals surface area contributed by atoms with E-state index in [1.54, 1.807) is 56.3 Å². The molecule has 7 heteroatoms. The zero-order valence-corrected chi connectivity index (χ0v) is 17.4. The maximum absolute atomic E-state index is 13.8. The molecule has 0 unspecified atom stereocenters. The van der Waals surface area contributed by atoms with E-state index >= 15 is 0 Å². The van der Waals surface area contributed by atoms with Crippen molar-refractivity contribution in [3.63, 3.8) is 0 Å². The van der Waals surface area contributed by atoms with Crippen molar-refractivity contribution in [1.29, 1.82) is 5.26 Å². The van der Waals surface area contributed by atoms with Gasteiger partial charge in [-0.1, -0.05) is 24.3 Å². The Morgan fingerprint density at radius 2 is 1.87 bits per heavy atom. The molecule has 0 fully saturated rings. The summed E-state index contributed by atoms with van der Waals surface area (Å²) in [5, 5.41) is 9.35. The number of nitriles is 1. The van der Waals surface area contributed by atoms with Gasteiger partial charge in [0.15, 0.2) is 11.5 Å². The second-order valence-electron chi connectivity index (χ2n) is 6.81. The summed E-state index contributed by atoms with van der Waals surface area (Å²) in [5.41, 5.74) is 1.59. The number of amides is 2. The van der Waals surface area contributed by atoms with Crippen LogP contribution in [0.3, 0.4) is 0 Å². The predicted molar refractivity (Wildman–Crippen MR) is 112 cm³/mol. The van der Waals surface area contributed by atoms with Crippen LogP contribution < -0.4 is 9.47 Å². The Hall–Kier alpha value is -3.92. The van der Waals surface area contributed by atoms with E-state index in [0.29, 0.717) is 28.2 Å². The highest BCUT2D eigenvalue weighted by Crippen LogP contribution is 2.32. The molecule has 0 radical (unpaired) electrons. The highest BCUT2D eigenvalue weighted by atomic mass is 19.1. The third-order valence-corrected chi connectivity index (χ3v) is 4.98. The van der Waals surface area contributed by atoms with Crippen molar-refractivity contribution in [2.75, 3.05) is 13.7 Å². The summed E-state index contributed by atoms with van der Waals surface area (Å²) in [4.78, 5) is 26.1. The van der Waals surface area contributed by atoms with Gasteiger partial charge in [0, 0.05) is 17.7 Å². The molecule has 0 spiro atoms. The molecule has 3 rings (SSSR count). The maximum Gasteiger partial charge on any atom is 0.271 e. The predicted octanol–water partition coefficient (Wildman–Crippen LogP) is 4.03. The summed E-state index contributed by atoms with van der Waals surface area (Å²) in [7, 11) is 1.48. The number of rotatable bonds is 6. The molecule has 158 valence electrons. The first kappa shape index (κ1) is 21.8. The van der Waals surface area contributed by atoms with Gasteiger partial charge in [-0.25, -0.2) is 4.39 Å². The first-order chi connectivity index (χ1) is 14.9. The topological polar surface area (TPSA) is 79.6 Å². The lowest BCUT2D eigenvalue weighted by Gasteiger charge is -2.26. The normalized spacial score (nSPS) is 15.3. The van der Waals surface area contributed by atoms with Crippen LogP contribution >= 0.6 is 0 Å². The summed E-state index contributed by atoms with van der Waals surface area (Å²) in [6, 6.07) is 13.3. The van der Waals surface area contributed by atoms with Crippen LogP contribution in [0.2, 0.25) is 0 Å². The number of halogens is 1. The van der Waals surface area contributed by atoms with Crippen LogP contribution in [0.25, 0.3) is 6.08 Å². The van der Waals surface area contributed by atoms with Gasteiger partial charge in [0.1, 0.15) is 24.1 Å². The van der Waals surface area contributed by atoms with E-state index in [2.05, 4.69) is 0 Å². The third kappa shape index (κ3) is 4.33. The summed E-state index contributed by atoms with van der Waals surface area (Å²) < 4.78 is 24.9. The number of benzene rings is 2. The largest absolute Gasteiger partial charge is 0.493 e. The van der Waals surface area contributed by atoms with E-state index in [-0.39, 0.29) is 30.1 Å². The van der Waals surface area contributed by atoms with Gasteiger partial charge in [0.05, 0.1) is 7.11 Å². The molecule has 2 aromatic rings. The second kappa shape index (κ2) is 9.26. The number of hydrogen-bond acceptors (Lipinski definition) is 5. The van der Waals surface area contributed by atoms with Crippen LogP contribution in [0.15, 0.2) is 59.2 Å². The molecule has 0 saturated carbocycles. The summed E-state index contributed by atoms with van der Waals surface area (Å²) in [6.45, 7) is 3.45. The molecule has 2 amide bonds. The van der Waals surface area contributed by atoms with E-state index < -0.39 is 11.8 Å². The molecule has 2 aromatic carbocycles. The average Bonchev–Trinajstić information content (AvgIpc) is 2.77. The monoisotopic (exact) mass is 420 g/mol. The average molecular weight is 420 g/mol. The Balaban J connectivity index is 1.93. The molecule has 1 heterocycles. The van der Waals surface area contributed by atoms with Crippen molar-refractivity contribution in [1.82, 2.24) is 4.90 Å². The number of carbonyl (C=O) groups is 2. The number of likely N-dealkylation sites (N-methyl/N-ethyl adjacent to an activating group) is 1. The van der Waals surface area contributed by atoms with Crippen LogP contribution in [0, 0.1) is 17.1 Å². The van der Waals surface area contributed by atoms with Crippen LogP contribution in [-0.2, 0) is 16.2 Å². The van der Waals surface area contributed by atoms with E-state index in [9.17, 15) is 19.2 Å². The molecule has 0 bridgehead atoms. The molecule has 31 heavy (non-hydrogen) atoms. The minimum Gasteiger partial charge on any atom is -0.493 e. The van der Waals surface area contributed by atoms with Gasteiger partial charge in [0.2, 0.25) is 0 Å². The molecule has 1 aliphatic heterocycles. The molecule has 0 atom stereocenters. The van der Waals surface area contributed by atoms with E-state index in [0.717, 1.165) is 4.90 Å². The lowest BCUT2D eigenvalue weighted by atomic mass is 9.93. The standard InChI is InChI=1S/C24H21FN2O4/c1-4-27-23(28)18(15(2)19(13-26)24(27)29)11-16-9-10-21(22(12-16)30-3)31-14-17-7-5-6-8-20(17)25/h5-12H,4,14H2,1-3H3/b18-11+. The smallest absolute Gasteiger partial charge is 0.271 e. The lowest BCUT2D eigenvalue weighted by molar-refractivity contribution is -0.140. The summed E-state index contributed by atoms with van der Waals surface area (Å²) in [5.74, 6) is -0.580. The Labute approximate surface area is 179 Å². The van der Waals surface area contributed by atoms with E-state index in [1.165, 1.54) is 13.2 Å². The molecular weight excluding hydrogens is 399 g/mol. The second-order valence-corrected chi connectivity index (χ2v) is 6.81. The van der Waals surface area contributed by atoms with Crippen LogP contribution in [0.1, 0.15) is 25.0 Å². The zero-order valence-electron chi connectivity index (χ0n) is 17.4. The molecule has 0 N–H and O–H groups in total. The van der Waals surface area contributed by atoms with Gasteiger partial charge in [-0.3, -0.25) is 14.5 Å².